The van der Waals surface area contributed by atoms with Gasteiger partial charge in [0.15, 0.2) is 5.75 Å². The quantitative estimate of drug-likeness (QED) is 0.124. The maximum atomic E-state index is 16.8. The van der Waals surface area contributed by atoms with E-state index in [0.717, 1.165) is 72.4 Å². The van der Waals surface area contributed by atoms with Crippen LogP contribution in [0, 0.1) is 12.1 Å². The molecule has 0 saturated heterocycles. The van der Waals surface area contributed by atoms with Gasteiger partial charge in [-0.25, -0.2) is 9.37 Å². The van der Waals surface area contributed by atoms with Gasteiger partial charge in [0, 0.05) is 28.9 Å². The average Bonchev–Trinajstić information content (AvgIpc) is 3.80. The van der Waals surface area contributed by atoms with Crippen molar-refractivity contribution < 1.29 is 29.6 Å². The number of ether oxygens (including phenoxy) is 1. The van der Waals surface area contributed by atoms with Crippen LogP contribution < -0.4 is 4.74 Å². The van der Waals surface area contributed by atoms with E-state index in [1.54, 1.807) is 12.1 Å². The number of hydrogen-bond donors (Lipinski definition) is 0. The summed E-state index contributed by atoms with van der Waals surface area (Å²) in [7, 11) is 1.97. The first-order chi connectivity index (χ1) is 28.1. The largest absolute Gasteiger partial charge is 2.00 e. The molecule has 1 atom stereocenters. The Kier molecular flexibility index (Phi) is 8.67. The third-order valence-corrected chi connectivity index (χ3v) is 11.4. The summed E-state index contributed by atoms with van der Waals surface area (Å²) in [6.07, 6.45) is 0.356. The number of imidazole rings is 1. The number of hydrogen-bond acceptors (Lipinski definition) is 3. The molecule has 1 unspecified atom stereocenters. The van der Waals surface area contributed by atoms with E-state index in [0.29, 0.717) is 22.6 Å². The van der Waals surface area contributed by atoms with Crippen molar-refractivity contribution in [1.82, 2.24) is 19.1 Å². The molecule has 58 heavy (non-hydrogen) atoms. The summed E-state index contributed by atoms with van der Waals surface area (Å²) in [6, 6.07) is 63.9. The standard InChI is InChI=1S/C51H33FN4O.Pd/c1-55-43-28-12-10-26-41(43)54-49(55)35-18-14-16-33(30-35)48(52)34-17-15-23-38(31-34)56-42-27-11-8-24-39(42)46-47-45(32-53-50(46)56)57-44-29-13-9-25-40(44)51(47,36-19-4-2-5-20-36)37-21-6-3-7-22-37;/h2-29,32,48H,1H3;/q-2;+2. The molecule has 1 aliphatic rings. The fourth-order valence-electron chi connectivity index (χ4n) is 8.93. The van der Waals surface area contributed by atoms with Gasteiger partial charge in [-0.1, -0.05) is 120 Å². The predicted molar refractivity (Wildman–Crippen MR) is 224 cm³/mol. The molecule has 1 aliphatic heterocycles. The summed E-state index contributed by atoms with van der Waals surface area (Å²) in [6.45, 7) is 0. The van der Waals surface area contributed by atoms with Crippen molar-refractivity contribution in [2.75, 3.05) is 0 Å². The number of fused-ring (bicyclic) bond motifs is 7. The number of nitrogens with zero attached hydrogens (tertiary/aromatic N) is 4. The molecule has 0 N–H and O–H groups in total. The van der Waals surface area contributed by atoms with Gasteiger partial charge in [0.1, 0.15) is 17.6 Å². The van der Waals surface area contributed by atoms with Crippen LogP contribution in [0.1, 0.15) is 39.6 Å². The molecule has 11 rings (SSSR count). The van der Waals surface area contributed by atoms with Gasteiger partial charge in [-0.15, -0.1) is 41.5 Å². The van der Waals surface area contributed by atoms with Gasteiger partial charge >= 0.3 is 20.4 Å². The second-order valence-corrected chi connectivity index (χ2v) is 14.5. The van der Waals surface area contributed by atoms with Crippen LogP contribution in [0.5, 0.6) is 11.5 Å². The molecule has 10 aromatic rings. The molecule has 0 bridgehead atoms. The molecule has 5 nitrogen and oxygen atoms in total. The topological polar surface area (TPSA) is 44.9 Å². The molecule has 3 aromatic heterocycles. The predicted octanol–water partition coefficient (Wildman–Crippen LogP) is 11.9. The summed E-state index contributed by atoms with van der Waals surface area (Å²) < 4.78 is 27.7. The molecule has 7 aromatic carbocycles. The van der Waals surface area contributed by atoms with Gasteiger partial charge in [0.05, 0.1) is 34.0 Å². The van der Waals surface area contributed by atoms with Crippen molar-refractivity contribution in [2.45, 2.75) is 11.6 Å². The van der Waals surface area contributed by atoms with E-state index in [2.05, 4.69) is 108 Å². The fraction of sp³-hybridized carbons (Fsp3) is 0.0588. The molecule has 0 radical (unpaired) electrons. The zero-order chi connectivity index (χ0) is 38.1. The van der Waals surface area contributed by atoms with E-state index < -0.39 is 11.6 Å². The second-order valence-electron chi connectivity index (χ2n) is 14.5. The summed E-state index contributed by atoms with van der Waals surface area (Å²) in [5.41, 5.74) is 9.30. The number of aromatic nitrogens is 4. The fourth-order valence-corrected chi connectivity index (χ4v) is 8.93. The molecule has 280 valence electrons. The second kappa shape index (κ2) is 14.1. The van der Waals surface area contributed by atoms with E-state index in [9.17, 15) is 0 Å². The molecule has 7 heteroatoms. The van der Waals surface area contributed by atoms with Crippen LogP contribution >= 0.6 is 0 Å². The number of pyridine rings is 1. The Morgan fingerprint density at radius 3 is 2.03 bits per heavy atom. The first-order valence-electron chi connectivity index (χ1n) is 19.0. The monoisotopic (exact) mass is 842 g/mol. The minimum atomic E-state index is -1.48. The Morgan fingerprint density at radius 1 is 0.638 bits per heavy atom. The Bertz CT molecular complexity index is 3120. The van der Waals surface area contributed by atoms with Crippen molar-refractivity contribution >= 4 is 33.0 Å². The summed E-state index contributed by atoms with van der Waals surface area (Å²) in [5.74, 6) is 2.21. The molecule has 0 fully saturated rings. The van der Waals surface area contributed by atoms with Gasteiger partial charge in [0.2, 0.25) is 0 Å². The van der Waals surface area contributed by atoms with E-state index in [4.69, 9.17) is 14.7 Å². The molecule has 0 saturated carbocycles. The van der Waals surface area contributed by atoms with E-state index in [1.165, 1.54) is 0 Å². The Morgan fingerprint density at radius 2 is 1.28 bits per heavy atom. The molecule has 0 amide bonds. The van der Waals surface area contributed by atoms with Crippen LogP contribution in [-0.2, 0) is 32.9 Å². The summed E-state index contributed by atoms with van der Waals surface area (Å²) in [5, 5.41) is 1.97. The number of benzene rings is 7. The van der Waals surface area contributed by atoms with Crippen LogP contribution in [0.3, 0.4) is 0 Å². The summed E-state index contributed by atoms with van der Waals surface area (Å²) >= 11 is 0. The first kappa shape index (κ1) is 35.7. The van der Waals surface area contributed by atoms with E-state index >= 15 is 4.39 Å². The van der Waals surface area contributed by atoms with Crippen molar-refractivity contribution in [3.63, 3.8) is 0 Å². The molecular weight excluding hydrogens is 810 g/mol. The van der Waals surface area contributed by atoms with Crippen molar-refractivity contribution in [2.24, 2.45) is 7.05 Å². The number of aryl methyl sites for hydroxylation is 1. The van der Waals surface area contributed by atoms with Crippen molar-refractivity contribution in [1.29, 1.82) is 0 Å². The molecule has 4 heterocycles. The smallest absolute Gasteiger partial charge is 0.455 e. The van der Waals surface area contributed by atoms with Crippen molar-refractivity contribution in [3.8, 4) is 28.6 Å². The van der Waals surface area contributed by atoms with Crippen LogP contribution in [0.4, 0.5) is 4.39 Å². The Labute approximate surface area is 348 Å². The van der Waals surface area contributed by atoms with Crippen LogP contribution in [0.2, 0.25) is 0 Å². The number of alkyl halides is 1. The first-order valence-corrected chi connectivity index (χ1v) is 19.0. The van der Waals surface area contributed by atoms with Crippen LogP contribution in [0.15, 0.2) is 176 Å². The number of para-hydroxylation sites is 4. The normalized spacial score (nSPS) is 13.4. The van der Waals surface area contributed by atoms with Gasteiger partial charge in [0.25, 0.3) is 0 Å². The third-order valence-electron chi connectivity index (χ3n) is 11.4. The van der Waals surface area contributed by atoms with E-state index in [-0.39, 0.29) is 20.4 Å². The minimum Gasteiger partial charge on any atom is -0.455 e. The SMILES string of the molecule is Cn1c(-c2[c-]c(C(F)c3[c-]c(-n4c5ccccc5c5c6c(cnc54)Oc4ccccc4C6(c4ccccc4)c4ccccc4)ccc3)ccc2)nc2ccccc21.[Pd+2]. The summed E-state index contributed by atoms with van der Waals surface area (Å²) in [4.78, 5) is 9.98. The van der Waals surface area contributed by atoms with Crippen LogP contribution in [-0.4, -0.2) is 19.1 Å². The van der Waals surface area contributed by atoms with Gasteiger partial charge in [-0.05, 0) is 35.4 Å². The zero-order valence-electron chi connectivity index (χ0n) is 31.2. The molecule has 0 spiro atoms. The Balaban J connectivity index is 0.00000408. The average molecular weight is 843 g/mol. The van der Waals surface area contributed by atoms with Crippen molar-refractivity contribution in [3.05, 3.63) is 222 Å². The maximum absolute atomic E-state index is 16.8. The van der Waals surface area contributed by atoms with Gasteiger partial charge in [-0.3, -0.25) is 4.98 Å². The number of halogens is 1. The van der Waals surface area contributed by atoms with Crippen LogP contribution in [0.25, 0.3) is 50.0 Å². The minimum absolute atomic E-state index is 0. The third kappa shape index (κ3) is 5.31. The molecule has 0 aliphatic carbocycles. The maximum Gasteiger partial charge on any atom is 2.00 e. The Hall–Kier alpha value is -6.65. The van der Waals surface area contributed by atoms with Gasteiger partial charge < -0.3 is 13.9 Å². The zero-order valence-corrected chi connectivity index (χ0v) is 32.8. The van der Waals surface area contributed by atoms with Gasteiger partial charge in [-0.2, -0.15) is 18.2 Å². The van der Waals surface area contributed by atoms with E-state index in [1.807, 2.05) is 84.5 Å². The molecular formula is C51H33FN4OPd. The number of rotatable bonds is 6.